The monoisotopic (exact) mass is 212 g/mol. The van der Waals surface area contributed by atoms with Crippen LogP contribution in [0.4, 0.5) is 4.79 Å². The predicted octanol–water partition coefficient (Wildman–Crippen LogP) is -1.01. The first-order valence-electron chi connectivity index (χ1n) is 4.25. The van der Waals surface area contributed by atoms with E-state index in [0.717, 1.165) is 9.80 Å². The number of carbonyl (C=O) groups is 3. The Hall–Kier alpha value is -1.92. The second-order valence-corrected chi connectivity index (χ2v) is 3.28. The average Bonchev–Trinajstić information content (AvgIpc) is 2.23. The molecule has 82 valence electrons. The second kappa shape index (κ2) is 3.68. The molecule has 0 aromatic carbocycles. The third kappa shape index (κ3) is 1.56. The van der Waals surface area contributed by atoms with Crippen molar-refractivity contribution in [2.24, 2.45) is 16.9 Å². The number of barbiturate groups is 1. The zero-order valence-corrected chi connectivity index (χ0v) is 8.72. The van der Waals surface area contributed by atoms with Gasteiger partial charge in [-0.3, -0.25) is 19.4 Å². The van der Waals surface area contributed by atoms with E-state index in [2.05, 4.69) is 5.10 Å². The highest BCUT2D eigenvalue weighted by Gasteiger charge is 2.43. The number of hydrogen-bond acceptors (Lipinski definition) is 5. The average molecular weight is 212 g/mol. The standard InChI is InChI=1S/C8H12N4O3/c1-4(10-9)5-6(13)11(2)8(15)12(3)7(5)14/h5H,9H2,1-3H3/b10-4+. The van der Waals surface area contributed by atoms with Crippen molar-refractivity contribution in [2.75, 3.05) is 14.1 Å². The molecular weight excluding hydrogens is 200 g/mol. The van der Waals surface area contributed by atoms with Gasteiger partial charge in [0.05, 0.1) is 5.71 Å². The van der Waals surface area contributed by atoms with Crippen molar-refractivity contribution in [3.63, 3.8) is 0 Å². The lowest BCUT2D eigenvalue weighted by Crippen LogP contribution is -2.58. The van der Waals surface area contributed by atoms with Crippen LogP contribution in [0.3, 0.4) is 0 Å². The topological polar surface area (TPSA) is 96.1 Å². The highest BCUT2D eigenvalue weighted by Crippen LogP contribution is 2.16. The summed E-state index contributed by atoms with van der Waals surface area (Å²) in [6.07, 6.45) is 0. The molecule has 0 unspecified atom stereocenters. The maximum Gasteiger partial charge on any atom is 0.332 e. The van der Waals surface area contributed by atoms with Crippen LogP contribution < -0.4 is 5.84 Å². The molecule has 1 heterocycles. The summed E-state index contributed by atoms with van der Waals surface area (Å²) in [6.45, 7) is 1.47. The Morgan fingerprint density at radius 3 is 1.93 bits per heavy atom. The molecule has 1 saturated heterocycles. The summed E-state index contributed by atoms with van der Waals surface area (Å²) in [4.78, 5) is 36.3. The maximum absolute atomic E-state index is 11.6. The van der Waals surface area contributed by atoms with Crippen LogP contribution in [0.25, 0.3) is 0 Å². The number of rotatable bonds is 1. The molecule has 2 N–H and O–H groups in total. The van der Waals surface area contributed by atoms with E-state index in [1.807, 2.05) is 0 Å². The Morgan fingerprint density at radius 1 is 1.20 bits per heavy atom. The predicted molar refractivity (Wildman–Crippen MR) is 51.7 cm³/mol. The van der Waals surface area contributed by atoms with E-state index in [9.17, 15) is 14.4 Å². The number of imide groups is 2. The molecule has 15 heavy (non-hydrogen) atoms. The molecule has 0 saturated carbocycles. The molecule has 0 aromatic heterocycles. The van der Waals surface area contributed by atoms with Gasteiger partial charge >= 0.3 is 6.03 Å². The number of nitrogens with two attached hydrogens (primary N) is 1. The lowest BCUT2D eigenvalue weighted by Gasteiger charge is -2.32. The van der Waals surface area contributed by atoms with E-state index in [1.54, 1.807) is 0 Å². The zero-order chi connectivity index (χ0) is 11.7. The van der Waals surface area contributed by atoms with Crippen LogP contribution >= 0.6 is 0 Å². The third-order valence-corrected chi connectivity index (χ3v) is 2.35. The van der Waals surface area contributed by atoms with Crippen LogP contribution in [0.1, 0.15) is 6.92 Å². The molecule has 1 fully saturated rings. The Kier molecular flexibility index (Phi) is 2.74. The highest BCUT2D eigenvalue weighted by atomic mass is 16.2. The van der Waals surface area contributed by atoms with E-state index in [4.69, 9.17) is 5.84 Å². The Morgan fingerprint density at radius 2 is 1.60 bits per heavy atom. The van der Waals surface area contributed by atoms with Crippen molar-refractivity contribution in [1.29, 1.82) is 0 Å². The molecule has 1 rings (SSSR count). The molecule has 0 bridgehead atoms. The lowest BCUT2D eigenvalue weighted by molar-refractivity contribution is -0.144. The SMILES string of the molecule is C/C(=N\N)C1C(=O)N(C)C(=O)N(C)C1=O. The number of carbonyl (C=O) groups excluding carboxylic acids is 3. The van der Waals surface area contributed by atoms with Crippen molar-refractivity contribution in [3.8, 4) is 0 Å². The van der Waals surface area contributed by atoms with Crippen molar-refractivity contribution in [3.05, 3.63) is 0 Å². The minimum absolute atomic E-state index is 0.191. The summed E-state index contributed by atoms with van der Waals surface area (Å²) in [7, 11) is 2.62. The first-order valence-corrected chi connectivity index (χ1v) is 4.25. The maximum atomic E-state index is 11.6. The third-order valence-electron chi connectivity index (χ3n) is 2.35. The van der Waals surface area contributed by atoms with E-state index < -0.39 is 23.8 Å². The first kappa shape index (κ1) is 11.2. The van der Waals surface area contributed by atoms with Crippen LogP contribution in [0.2, 0.25) is 0 Å². The van der Waals surface area contributed by atoms with Gasteiger partial charge in [0.2, 0.25) is 11.8 Å². The minimum atomic E-state index is -1.08. The van der Waals surface area contributed by atoms with Gasteiger partial charge in [-0.15, -0.1) is 0 Å². The Balaban J connectivity index is 3.13. The smallest absolute Gasteiger partial charge is 0.323 e. The van der Waals surface area contributed by atoms with Crippen LogP contribution in [0.5, 0.6) is 0 Å². The summed E-state index contributed by atoms with van der Waals surface area (Å²) >= 11 is 0. The van der Waals surface area contributed by atoms with Crippen LogP contribution in [-0.4, -0.2) is 47.5 Å². The largest absolute Gasteiger partial charge is 0.332 e. The molecule has 0 atom stereocenters. The van der Waals surface area contributed by atoms with Crippen molar-refractivity contribution in [2.45, 2.75) is 6.92 Å². The molecule has 0 aromatic rings. The molecule has 7 heteroatoms. The van der Waals surface area contributed by atoms with Gasteiger partial charge in [0, 0.05) is 14.1 Å². The number of nitrogens with zero attached hydrogens (tertiary/aromatic N) is 3. The zero-order valence-electron chi connectivity index (χ0n) is 8.72. The van der Waals surface area contributed by atoms with E-state index >= 15 is 0 Å². The van der Waals surface area contributed by atoms with Gasteiger partial charge in [0.25, 0.3) is 0 Å². The summed E-state index contributed by atoms with van der Waals surface area (Å²) in [5, 5.41) is 3.32. The molecule has 1 aliphatic rings. The van der Waals surface area contributed by atoms with E-state index in [-0.39, 0.29) is 5.71 Å². The summed E-state index contributed by atoms with van der Waals surface area (Å²) < 4.78 is 0. The Bertz CT molecular complexity index is 339. The normalized spacial score (nSPS) is 20.2. The van der Waals surface area contributed by atoms with Gasteiger partial charge in [-0.2, -0.15) is 5.10 Å². The highest BCUT2D eigenvalue weighted by molar-refractivity contribution is 6.26. The fourth-order valence-electron chi connectivity index (χ4n) is 1.34. The summed E-state index contributed by atoms with van der Waals surface area (Å²) in [5.74, 6) is 2.73. The molecule has 7 nitrogen and oxygen atoms in total. The molecule has 0 spiro atoms. The van der Waals surface area contributed by atoms with Gasteiger partial charge in [0.1, 0.15) is 0 Å². The molecule has 1 aliphatic heterocycles. The number of hydrogen-bond donors (Lipinski definition) is 1. The number of amides is 4. The van der Waals surface area contributed by atoms with Crippen molar-refractivity contribution in [1.82, 2.24) is 9.80 Å². The number of urea groups is 1. The fourth-order valence-corrected chi connectivity index (χ4v) is 1.34. The quantitative estimate of drug-likeness (QED) is 0.260. The molecule has 0 aliphatic carbocycles. The van der Waals surface area contributed by atoms with E-state index in [1.165, 1.54) is 21.0 Å². The van der Waals surface area contributed by atoms with Crippen molar-refractivity contribution >= 4 is 23.6 Å². The second-order valence-electron chi connectivity index (χ2n) is 3.28. The van der Waals surface area contributed by atoms with E-state index in [0.29, 0.717) is 0 Å². The van der Waals surface area contributed by atoms with Gasteiger partial charge in [-0.1, -0.05) is 0 Å². The molecule has 4 amide bonds. The van der Waals surface area contributed by atoms with Crippen LogP contribution in [0, 0.1) is 5.92 Å². The van der Waals surface area contributed by atoms with Crippen molar-refractivity contribution < 1.29 is 14.4 Å². The summed E-state index contributed by atoms with van der Waals surface area (Å²) in [6, 6.07) is -0.647. The van der Waals surface area contributed by atoms with Gasteiger partial charge in [-0.25, -0.2) is 4.79 Å². The molecular formula is C8H12N4O3. The lowest BCUT2D eigenvalue weighted by atomic mass is 9.99. The first-order chi connectivity index (χ1) is 6.91. The van der Waals surface area contributed by atoms with Crippen LogP contribution in [0.15, 0.2) is 5.10 Å². The summed E-state index contributed by atoms with van der Waals surface area (Å²) in [5.41, 5.74) is 0.191. The van der Waals surface area contributed by atoms with Crippen LogP contribution in [-0.2, 0) is 9.59 Å². The van der Waals surface area contributed by atoms with Gasteiger partial charge in [-0.05, 0) is 6.92 Å². The Labute approximate surface area is 86.5 Å². The number of hydrazone groups is 1. The minimum Gasteiger partial charge on any atom is -0.323 e. The molecule has 0 radical (unpaired) electrons. The fraction of sp³-hybridized carbons (Fsp3) is 0.500. The van der Waals surface area contributed by atoms with Gasteiger partial charge < -0.3 is 5.84 Å². The van der Waals surface area contributed by atoms with Gasteiger partial charge in [0.15, 0.2) is 5.92 Å².